The maximum absolute atomic E-state index is 10.6. The number of nitroso groups, excluding NO2 is 1. The van der Waals surface area contributed by atoms with E-state index < -0.39 is 0 Å². The second kappa shape index (κ2) is 6.27. The molecule has 0 aliphatic heterocycles. The van der Waals surface area contributed by atoms with Gasteiger partial charge in [0.05, 0.1) is 0 Å². The summed E-state index contributed by atoms with van der Waals surface area (Å²) >= 11 is 0. The molecule has 0 aliphatic carbocycles. The van der Waals surface area contributed by atoms with E-state index in [1.54, 1.807) is 0 Å². The molecule has 0 spiro atoms. The Balaban J connectivity index is 2.50. The number of hydrogen-bond donors (Lipinski definition) is 1. The first-order valence-corrected chi connectivity index (χ1v) is 4.86. The van der Waals surface area contributed by atoms with Crippen LogP contribution in [0.2, 0.25) is 0 Å². The van der Waals surface area contributed by atoms with E-state index in [2.05, 4.69) is 5.18 Å². The van der Waals surface area contributed by atoms with Gasteiger partial charge in [-0.3, -0.25) is 0 Å². The second-order valence-electron chi connectivity index (χ2n) is 3.25. The monoisotopic (exact) mass is 193 g/mol. The molecule has 3 heteroatoms. The van der Waals surface area contributed by atoms with Crippen LogP contribution in [0.25, 0.3) is 0 Å². The predicted molar refractivity (Wildman–Crippen MR) is 55.9 cm³/mol. The molecule has 0 saturated heterocycles. The van der Waals surface area contributed by atoms with Gasteiger partial charge in [0.15, 0.2) is 0 Å². The summed E-state index contributed by atoms with van der Waals surface area (Å²) in [6.45, 7) is 0.181. The molecule has 1 unspecified atom stereocenters. The molecule has 0 fully saturated rings. The van der Waals surface area contributed by atoms with Crippen LogP contribution in [0.5, 0.6) is 0 Å². The summed E-state index contributed by atoms with van der Waals surface area (Å²) < 4.78 is 0. The van der Waals surface area contributed by atoms with E-state index in [-0.39, 0.29) is 12.6 Å². The summed E-state index contributed by atoms with van der Waals surface area (Å²) in [5.74, 6) is 0. The maximum Gasteiger partial charge on any atom is 0.117 e. The van der Waals surface area contributed by atoms with Crippen molar-refractivity contribution < 1.29 is 5.11 Å². The normalized spacial score (nSPS) is 12.4. The fraction of sp³-hybridized carbons (Fsp3) is 0.455. The average molecular weight is 193 g/mol. The van der Waals surface area contributed by atoms with Crippen molar-refractivity contribution in [1.29, 1.82) is 0 Å². The SMILES string of the molecule is O=NC(CCCCO)c1ccccc1. The van der Waals surface area contributed by atoms with Gasteiger partial charge in [0, 0.05) is 6.61 Å². The molecule has 0 saturated carbocycles. The Labute approximate surface area is 83.7 Å². The van der Waals surface area contributed by atoms with Gasteiger partial charge in [-0.1, -0.05) is 35.5 Å². The van der Waals surface area contributed by atoms with Gasteiger partial charge in [-0.2, -0.15) is 4.91 Å². The summed E-state index contributed by atoms with van der Waals surface area (Å²) in [7, 11) is 0. The minimum atomic E-state index is -0.261. The lowest BCUT2D eigenvalue weighted by atomic mass is 10.0. The van der Waals surface area contributed by atoms with E-state index in [1.807, 2.05) is 30.3 Å². The van der Waals surface area contributed by atoms with E-state index in [0.717, 1.165) is 18.4 Å². The lowest BCUT2D eigenvalue weighted by Gasteiger charge is -2.07. The lowest BCUT2D eigenvalue weighted by Crippen LogP contribution is -1.95. The number of rotatable bonds is 6. The zero-order valence-electron chi connectivity index (χ0n) is 8.10. The van der Waals surface area contributed by atoms with Gasteiger partial charge >= 0.3 is 0 Å². The zero-order chi connectivity index (χ0) is 10.2. The van der Waals surface area contributed by atoms with Gasteiger partial charge in [-0.15, -0.1) is 0 Å². The quantitative estimate of drug-likeness (QED) is 0.557. The molecule has 3 nitrogen and oxygen atoms in total. The molecular formula is C11H15NO2. The number of unbranched alkanes of at least 4 members (excludes halogenated alkanes) is 1. The Morgan fingerprint density at radius 3 is 2.50 bits per heavy atom. The van der Waals surface area contributed by atoms with Crippen molar-refractivity contribution in [3.8, 4) is 0 Å². The minimum Gasteiger partial charge on any atom is -0.396 e. The number of nitrogens with zero attached hydrogens (tertiary/aromatic N) is 1. The van der Waals surface area contributed by atoms with Crippen LogP contribution in [0, 0.1) is 4.91 Å². The smallest absolute Gasteiger partial charge is 0.117 e. The molecule has 1 N–H and O–H groups in total. The largest absolute Gasteiger partial charge is 0.396 e. The molecule has 14 heavy (non-hydrogen) atoms. The van der Waals surface area contributed by atoms with Gasteiger partial charge in [0.25, 0.3) is 0 Å². The van der Waals surface area contributed by atoms with Crippen LogP contribution in [-0.4, -0.2) is 11.7 Å². The molecule has 0 radical (unpaired) electrons. The average Bonchev–Trinajstić information content (AvgIpc) is 2.26. The van der Waals surface area contributed by atoms with Crippen molar-refractivity contribution in [2.45, 2.75) is 25.3 Å². The van der Waals surface area contributed by atoms with Crippen LogP contribution < -0.4 is 0 Å². The minimum absolute atomic E-state index is 0.181. The molecule has 0 aliphatic rings. The molecule has 1 aromatic rings. The van der Waals surface area contributed by atoms with Crippen molar-refractivity contribution in [2.24, 2.45) is 5.18 Å². The highest BCUT2D eigenvalue weighted by atomic mass is 16.3. The molecule has 1 atom stereocenters. The Hall–Kier alpha value is -1.22. The van der Waals surface area contributed by atoms with Crippen LogP contribution in [0.1, 0.15) is 30.9 Å². The molecule has 76 valence electrons. The maximum atomic E-state index is 10.6. The van der Waals surface area contributed by atoms with E-state index in [9.17, 15) is 4.91 Å². The summed E-state index contributed by atoms with van der Waals surface area (Å²) in [5, 5.41) is 11.7. The van der Waals surface area contributed by atoms with Crippen molar-refractivity contribution >= 4 is 0 Å². The van der Waals surface area contributed by atoms with Crippen LogP contribution >= 0.6 is 0 Å². The molecular weight excluding hydrogens is 178 g/mol. The van der Waals surface area contributed by atoms with Gasteiger partial charge in [-0.25, -0.2) is 0 Å². The summed E-state index contributed by atoms with van der Waals surface area (Å²) in [5.41, 5.74) is 0.959. The predicted octanol–water partition coefficient (Wildman–Crippen LogP) is 2.66. The fourth-order valence-electron chi connectivity index (χ4n) is 1.40. The van der Waals surface area contributed by atoms with Gasteiger partial charge in [-0.05, 0) is 24.8 Å². The highest BCUT2D eigenvalue weighted by molar-refractivity contribution is 5.18. The third kappa shape index (κ3) is 3.26. The Bertz CT molecular complexity index is 261. The van der Waals surface area contributed by atoms with Crippen LogP contribution in [-0.2, 0) is 0 Å². The molecule has 1 aromatic carbocycles. The topological polar surface area (TPSA) is 49.7 Å². The highest BCUT2D eigenvalue weighted by Gasteiger charge is 2.09. The molecule has 0 amide bonds. The number of aliphatic hydroxyl groups is 1. The van der Waals surface area contributed by atoms with Crippen molar-refractivity contribution in [3.05, 3.63) is 40.8 Å². The van der Waals surface area contributed by atoms with Crippen LogP contribution in [0.15, 0.2) is 35.5 Å². The van der Waals surface area contributed by atoms with Gasteiger partial charge in [0.1, 0.15) is 6.04 Å². The number of benzene rings is 1. The van der Waals surface area contributed by atoms with Crippen LogP contribution in [0.3, 0.4) is 0 Å². The fourth-order valence-corrected chi connectivity index (χ4v) is 1.40. The second-order valence-corrected chi connectivity index (χ2v) is 3.25. The number of hydrogen-bond acceptors (Lipinski definition) is 3. The van der Waals surface area contributed by atoms with E-state index >= 15 is 0 Å². The van der Waals surface area contributed by atoms with Gasteiger partial charge < -0.3 is 5.11 Å². The van der Waals surface area contributed by atoms with Crippen molar-refractivity contribution in [1.82, 2.24) is 0 Å². The summed E-state index contributed by atoms with van der Waals surface area (Å²) in [6, 6.07) is 9.27. The molecule has 1 rings (SSSR count). The van der Waals surface area contributed by atoms with E-state index in [4.69, 9.17) is 5.11 Å². The summed E-state index contributed by atoms with van der Waals surface area (Å²) in [4.78, 5) is 10.6. The first-order chi connectivity index (χ1) is 6.88. The summed E-state index contributed by atoms with van der Waals surface area (Å²) in [6.07, 6.45) is 2.29. The first-order valence-electron chi connectivity index (χ1n) is 4.86. The van der Waals surface area contributed by atoms with Crippen LogP contribution in [0.4, 0.5) is 0 Å². The Morgan fingerprint density at radius 1 is 1.21 bits per heavy atom. The third-order valence-electron chi connectivity index (χ3n) is 2.20. The number of aliphatic hydroxyl groups excluding tert-OH is 1. The van der Waals surface area contributed by atoms with Gasteiger partial charge in [0.2, 0.25) is 0 Å². The first kappa shape index (κ1) is 10.9. The Kier molecular flexibility index (Phi) is 4.86. The highest BCUT2D eigenvalue weighted by Crippen LogP contribution is 2.22. The lowest BCUT2D eigenvalue weighted by molar-refractivity contribution is 0.281. The molecule has 0 aromatic heterocycles. The van der Waals surface area contributed by atoms with E-state index in [0.29, 0.717) is 6.42 Å². The third-order valence-corrected chi connectivity index (χ3v) is 2.20. The zero-order valence-corrected chi connectivity index (χ0v) is 8.10. The van der Waals surface area contributed by atoms with Crippen molar-refractivity contribution in [3.63, 3.8) is 0 Å². The van der Waals surface area contributed by atoms with E-state index in [1.165, 1.54) is 0 Å². The Morgan fingerprint density at radius 2 is 1.93 bits per heavy atom. The van der Waals surface area contributed by atoms with Crippen molar-refractivity contribution in [2.75, 3.05) is 6.61 Å². The molecule has 0 bridgehead atoms. The molecule has 0 heterocycles. The standard InChI is InChI=1S/C11H15NO2/c13-9-5-4-8-11(12-14)10-6-2-1-3-7-10/h1-3,6-7,11,13H,4-5,8-9H2.